The lowest BCUT2D eigenvalue weighted by atomic mass is 9.78. The average molecular weight is 2130 g/mol. The number of esters is 2. The largest absolute Gasteiger partial charge is 0.481 e. The Hall–Kier alpha value is -6.32. The van der Waals surface area contributed by atoms with Crippen LogP contribution in [0.2, 0.25) is 18.1 Å². The third-order valence-corrected chi connectivity index (χ3v) is 36.5. The minimum Gasteiger partial charge on any atom is -0.481 e. The molecule has 0 radical (unpaired) electrons. The van der Waals surface area contributed by atoms with Gasteiger partial charge in [0.15, 0.2) is 19.9 Å². The van der Waals surface area contributed by atoms with Gasteiger partial charge in [-0.15, -0.1) is 0 Å². The predicted molar refractivity (Wildman–Crippen MR) is 553 cm³/mol. The molecule has 6 heterocycles. The molecular weight excluding hydrogens is 1950 g/mol. The van der Waals surface area contributed by atoms with Crippen molar-refractivity contribution < 1.29 is 135 Å². The summed E-state index contributed by atoms with van der Waals surface area (Å²) in [5, 5.41) is 65.2. The monoisotopic (exact) mass is 2130 g/mol. The Bertz CT molecular complexity index is 4400. The number of ether oxygens (including phenoxy) is 10. The van der Waals surface area contributed by atoms with Gasteiger partial charge in [-0.3, -0.25) is 43.2 Å². The number of carboxylic acids is 1. The van der Waals surface area contributed by atoms with Crippen molar-refractivity contribution in [3.63, 3.8) is 0 Å². The molecule has 4 bridgehead atoms. The molecule has 8 rings (SSSR count). The van der Waals surface area contributed by atoms with Gasteiger partial charge in [-0.2, -0.15) is 0 Å². The molecule has 30 nitrogen and oxygen atoms in total. The van der Waals surface area contributed by atoms with Crippen molar-refractivity contribution >= 4 is 95.3 Å². The summed E-state index contributed by atoms with van der Waals surface area (Å²) in [5.41, 5.74) is 2.55. The maximum atomic E-state index is 14.6. The predicted octanol–water partition coefficient (Wildman–Crippen LogP) is 15.9. The summed E-state index contributed by atoms with van der Waals surface area (Å²) in [5.74, 6) is -16.5. The molecule has 804 valence electrons. The highest BCUT2D eigenvalue weighted by atomic mass is 127. The number of nitrogens with zero attached hydrogens (tertiary/aromatic N) is 2. The minimum absolute atomic E-state index is 0.0193. The second-order valence-electron chi connectivity index (χ2n) is 43.6. The molecule has 0 aromatic heterocycles. The van der Waals surface area contributed by atoms with Gasteiger partial charge >= 0.3 is 17.9 Å². The summed E-state index contributed by atoms with van der Waals surface area (Å²) in [7, 11) is 7.13. The van der Waals surface area contributed by atoms with E-state index in [9.17, 15) is 78.3 Å². The van der Waals surface area contributed by atoms with E-state index in [-0.39, 0.29) is 125 Å². The molecule has 0 unspecified atom stereocenters. The lowest BCUT2D eigenvalue weighted by molar-refractivity contribution is -0.265. The third-order valence-electron chi connectivity index (χ3n) is 31.3. The quantitative estimate of drug-likeness (QED) is 0.0221. The van der Waals surface area contributed by atoms with E-state index in [0.717, 1.165) is 36.8 Å². The van der Waals surface area contributed by atoms with E-state index in [2.05, 4.69) is 33.9 Å². The molecule has 0 spiro atoms. The summed E-state index contributed by atoms with van der Waals surface area (Å²) >= 11 is 1.78. The van der Waals surface area contributed by atoms with Crippen molar-refractivity contribution in [2.45, 2.75) is 399 Å². The van der Waals surface area contributed by atoms with Crippen molar-refractivity contribution in [3.05, 3.63) is 95.2 Å². The van der Waals surface area contributed by atoms with Crippen LogP contribution in [0.25, 0.3) is 0 Å². The molecule has 2 saturated carbocycles. The zero-order valence-corrected chi connectivity index (χ0v) is 92.8. The zero-order chi connectivity index (χ0) is 106. The van der Waals surface area contributed by atoms with Crippen molar-refractivity contribution in [3.8, 4) is 0 Å². The van der Waals surface area contributed by atoms with Crippen LogP contribution in [-0.4, -0.2) is 282 Å². The normalized spacial score (nSPS) is 38.1. The smallest absolute Gasteiger partial charge is 0.329 e. The Morgan fingerprint density at radius 3 is 1.23 bits per heavy atom. The number of hydrogen-bond acceptors (Lipinski definition) is 27. The Kier molecular flexibility index (Phi) is 51.3. The summed E-state index contributed by atoms with van der Waals surface area (Å²) in [6.45, 7) is 36.8. The van der Waals surface area contributed by atoms with Crippen LogP contribution in [0.1, 0.15) is 272 Å². The first-order chi connectivity index (χ1) is 66.7. The molecule has 30 atom stereocenters. The first-order valence-electron chi connectivity index (χ1n) is 51.8. The number of allylic oxidation sites excluding steroid dienone is 12. The topological polar surface area (TPSA) is 417 Å². The molecule has 4 saturated heterocycles. The van der Waals surface area contributed by atoms with Gasteiger partial charge in [0.05, 0.1) is 53.3 Å². The summed E-state index contributed by atoms with van der Waals surface area (Å²) in [6.07, 6.45) is 23.9. The van der Waals surface area contributed by atoms with E-state index in [1.54, 1.807) is 105 Å². The summed E-state index contributed by atoms with van der Waals surface area (Å²) in [4.78, 5) is 154. The first-order valence-corrected chi connectivity index (χ1v) is 56.3. The minimum atomic E-state index is -2.43. The van der Waals surface area contributed by atoms with Crippen LogP contribution in [-0.2, 0) is 105 Å². The number of piperidine rings is 2. The fourth-order valence-electron chi connectivity index (χ4n) is 20.9. The molecule has 2 aliphatic carbocycles. The highest BCUT2D eigenvalue weighted by Gasteiger charge is 2.56. The number of carbonyl (C=O) groups excluding carboxylic acids is 10. The lowest BCUT2D eigenvalue weighted by Crippen LogP contribution is -2.61. The van der Waals surface area contributed by atoms with Crippen LogP contribution in [0, 0.1) is 71.0 Å². The van der Waals surface area contributed by atoms with Crippen molar-refractivity contribution in [2.24, 2.45) is 71.0 Å². The molecule has 6 fully saturated rings. The van der Waals surface area contributed by atoms with Gasteiger partial charge in [0.2, 0.25) is 11.6 Å². The van der Waals surface area contributed by atoms with E-state index >= 15 is 0 Å². The number of carboxylic acid groups (broad SMARTS) is 1. The molecular formula is C110H175IN2O28Si. The van der Waals surface area contributed by atoms with Gasteiger partial charge in [0.1, 0.15) is 60.3 Å². The van der Waals surface area contributed by atoms with E-state index in [1.165, 1.54) is 24.0 Å². The molecule has 6 aliphatic heterocycles. The van der Waals surface area contributed by atoms with Crippen LogP contribution in [0.15, 0.2) is 95.2 Å². The Labute approximate surface area is 860 Å². The third kappa shape index (κ3) is 35.4. The number of aliphatic hydroxyl groups is 5. The van der Waals surface area contributed by atoms with Gasteiger partial charge in [0.25, 0.3) is 23.4 Å². The number of methoxy groups -OCH3 is 6. The van der Waals surface area contributed by atoms with Crippen LogP contribution in [0.3, 0.4) is 0 Å². The zero-order valence-electron chi connectivity index (χ0n) is 89.6. The number of hydrogen-bond donors (Lipinski definition) is 6. The van der Waals surface area contributed by atoms with E-state index in [1.807, 2.05) is 116 Å². The standard InChI is InChI=1S/C57H93NO13Si.C51H79NO13.C2H3IO2/c1-35-21-17-16-18-22-36(2)47(66-11)33-43-26-24-41(7)57(65,70-43)53(62)54(63)58-28-20-19-23-44(58)55(64)69-48(34-45(59)37(3)30-40(6)51(61)52(68-13)50(60)39(5)29-35)38(4)31-42-25-27-46(49(32-42)67-12)71-72(14,15)56(8,9)10;1-30-16-12-11-13-17-31(2)42(61-8)28-38-21-19-36(7)51(60,65-38)48(57)49(58)52-23-15-14-18-39(52)50(59)64-43(33(4)26-37-20-22-40(53)44(27-37)62-9)29-41(54)32(3)25-35(6)46(56)47(63-10)45(55)34(5)24-30;3-1-2(4)5/h16-18,21-22,30,35,37-39,41-44,46-49,51-52,61,65H,19-20,23-29,31-34H2,1-15H3;11-13,16-17,25,30,32-34,36-40,42-44,46-47,53,56,60H,14-15,18-24,26-29H2,1-10H3;1H2,(H,4,5)/b18-16+,21-17+,36-22+,40-30+;13-11+,16-12+,31-17+,35-25+;/t35-,37-,38-,39-,41-,42+,43+,44+,46-,47+,48+,49-,51-,52+,57-;30-,32-,33-,34-,36-,37+,38+,39+,40-,42+,43+,44-,46-,47+,51-;/m11./s1. The van der Waals surface area contributed by atoms with Gasteiger partial charge < -0.3 is 92.2 Å². The van der Waals surface area contributed by atoms with E-state index in [4.69, 9.17) is 56.9 Å². The number of alkyl halides is 1. The Morgan fingerprint density at radius 2 is 0.866 bits per heavy atom. The number of rotatable bonds is 15. The lowest BCUT2D eigenvalue weighted by Gasteiger charge is -2.44. The number of fused-ring (bicyclic) bond motifs is 6. The van der Waals surface area contributed by atoms with Gasteiger partial charge in [-0.1, -0.05) is 186 Å². The molecule has 0 aromatic rings. The number of ketones is 6. The van der Waals surface area contributed by atoms with Crippen LogP contribution in [0.5, 0.6) is 0 Å². The maximum Gasteiger partial charge on any atom is 0.329 e. The Balaban J connectivity index is 0.000000417. The van der Waals surface area contributed by atoms with Crippen LogP contribution in [0.4, 0.5) is 0 Å². The van der Waals surface area contributed by atoms with Gasteiger partial charge in [-0.05, 0) is 232 Å². The summed E-state index contributed by atoms with van der Waals surface area (Å²) in [6, 6.07) is -2.27. The molecule has 32 heteroatoms. The fourth-order valence-corrected chi connectivity index (χ4v) is 22.3. The number of carbonyl (C=O) groups is 11. The van der Waals surface area contributed by atoms with Crippen molar-refractivity contribution in [1.29, 1.82) is 0 Å². The number of aliphatic carboxylic acids is 1. The highest BCUT2D eigenvalue weighted by molar-refractivity contribution is 14.1. The van der Waals surface area contributed by atoms with Gasteiger partial charge in [0, 0.05) is 117 Å². The Morgan fingerprint density at radius 1 is 0.486 bits per heavy atom. The molecule has 2 amide bonds. The first kappa shape index (κ1) is 124. The fraction of sp³-hybridized carbons (Fsp3) is 0.755. The maximum absolute atomic E-state index is 14.6. The average Bonchev–Trinajstić information content (AvgIpc) is 0.780. The number of cyclic esters (lactones) is 2. The molecule has 0 aromatic carbocycles. The number of halogens is 1. The number of aliphatic hydroxyl groups excluding tert-OH is 3. The second-order valence-corrected chi connectivity index (χ2v) is 49.1. The summed E-state index contributed by atoms with van der Waals surface area (Å²) < 4.78 is 66.5. The molecule has 8 aliphatic rings. The second kappa shape index (κ2) is 58.6. The van der Waals surface area contributed by atoms with E-state index < -0.39 is 176 Å². The van der Waals surface area contributed by atoms with Crippen molar-refractivity contribution in [1.82, 2.24) is 9.80 Å². The number of Topliss-reactive ketones (excluding diaryl/α,β-unsaturated/α-hetero) is 6. The highest BCUT2D eigenvalue weighted by Crippen LogP contribution is 2.45. The van der Waals surface area contributed by atoms with Crippen LogP contribution < -0.4 is 0 Å². The van der Waals surface area contributed by atoms with Crippen LogP contribution >= 0.6 is 22.6 Å². The SMILES string of the molecule is CO[C@H]1C[C@@H]2CC[C@@H](C)[C@@](O)(O2)C(=O)C(=O)N2CCCC[C@H]2C(=O)O[C@H]([C@H](C)C[C@@H]2CC[C@@H](O)[C@H](OC)C2)CC(=O)[C@H](C)/C=C(\C)[C@@H](O)[C@@H](OC)C(=O)[C@H](C)C[C@H](C)/C=C/C=C/C=C/1C.CO[C@H]1C[C@@H]2CC[C@@H](C)[C@@](O)(O2)C(=O)C(=O)N2CCCC[C@H]2C(=O)O[C@H]([C@H](C)C[C@@H]2CC[C@@H](O[Si](C)(C)C(C)(C)C)[C@H](OC)C2)CC(=O)[C@H](C)/C=C(\C)[C@@H](O)[C@@H](OC)C(=O)[C@H](C)C[C@H](C)/C=C/C=C/C=C/1C.O=C(O)CI. The van der Waals surface area contributed by atoms with Crippen molar-refractivity contribution in [2.75, 3.05) is 60.2 Å². The number of amides is 2. The molecule has 6 N–H and O–H groups in total. The van der Waals surface area contributed by atoms with E-state index in [0.29, 0.717) is 114 Å². The van der Waals surface area contributed by atoms with Gasteiger partial charge in [-0.25, -0.2) is 9.59 Å². The molecule has 142 heavy (non-hydrogen) atoms.